The lowest BCUT2D eigenvalue weighted by atomic mass is 10.2. The average Bonchev–Trinajstić information content (AvgIpc) is 2.37. The molecular formula is C12H16Cl2N2OS. The Balaban J connectivity index is 2.82. The van der Waals surface area contributed by atoms with Crippen LogP contribution in [0, 0.1) is 0 Å². The molecule has 18 heavy (non-hydrogen) atoms. The first-order valence-corrected chi connectivity index (χ1v) is 7.69. The van der Waals surface area contributed by atoms with Gasteiger partial charge in [-0.1, -0.05) is 23.2 Å². The predicted molar refractivity (Wildman–Crippen MR) is 78.8 cm³/mol. The molecule has 1 heterocycles. The van der Waals surface area contributed by atoms with Gasteiger partial charge in [-0.3, -0.25) is 4.79 Å². The van der Waals surface area contributed by atoms with Gasteiger partial charge in [0.2, 0.25) is 0 Å². The van der Waals surface area contributed by atoms with Crippen molar-refractivity contribution in [1.82, 2.24) is 9.88 Å². The third kappa shape index (κ3) is 4.04. The van der Waals surface area contributed by atoms with Gasteiger partial charge in [0.1, 0.15) is 5.15 Å². The zero-order valence-electron chi connectivity index (χ0n) is 10.6. The van der Waals surface area contributed by atoms with Gasteiger partial charge >= 0.3 is 0 Å². The van der Waals surface area contributed by atoms with E-state index < -0.39 is 0 Å². The maximum absolute atomic E-state index is 12.3. The minimum atomic E-state index is -0.127. The van der Waals surface area contributed by atoms with Gasteiger partial charge in [0, 0.05) is 19.3 Å². The van der Waals surface area contributed by atoms with E-state index in [1.54, 1.807) is 23.7 Å². The van der Waals surface area contributed by atoms with E-state index in [0.29, 0.717) is 10.6 Å². The highest BCUT2D eigenvalue weighted by molar-refractivity contribution is 7.98. The van der Waals surface area contributed by atoms with Gasteiger partial charge in [0.05, 0.1) is 10.6 Å². The van der Waals surface area contributed by atoms with E-state index >= 15 is 0 Å². The molecule has 0 spiro atoms. The number of hydrogen-bond acceptors (Lipinski definition) is 3. The number of rotatable bonds is 5. The molecule has 0 radical (unpaired) electrons. The average molecular weight is 307 g/mol. The van der Waals surface area contributed by atoms with E-state index in [4.69, 9.17) is 23.2 Å². The Bertz CT molecular complexity index is 429. The van der Waals surface area contributed by atoms with Crippen LogP contribution < -0.4 is 0 Å². The number of carbonyl (C=O) groups is 1. The van der Waals surface area contributed by atoms with Crippen LogP contribution in [0.4, 0.5) is 0 Å². The van der Waals surface area contributed by atoms with Crippen molar-refractivity contribution < 1.29 is 4.79 Å². The largest absolute Gasteiger partial charge is 0.339 e. The SMILES string of the molecule is CSCCC(C)N(C)C(=O)c1cc(Cl)ncc1Cl. The fourth-order valence-electron chi connectivity index (χ4n) is 1.45. The zero-order chi connectivity index (χ0) is 13.7. The molecule has 0 N–H and O–H groups in total. The van der Waals surface area contributed by atoms with Crippen molar-refractivity contribution in [2.75, 3.05) is 19.1 Å². The Morgan fingerprint density at radius 2 is 2.22 bits per heavy atom. The molecule has 0 aliphatic rings. The van der Waals surface area contributed by atoms with E-state index in [1.165, 1.54) is 12.3 Å². The molecule has 100 valence electrons. The third-order valence-electron chi connectivity index (χ3n) is 2.77. The Morgan fingerprint density at radius 1 is 1.56 bits per heavy atom. The summed E-state index contributed by atoms with van der Waals surface area (Å²) in [7, 11) is 1.78. The molecule has 0 saturated carbocycles. The maximum Gasteiger partial charge on any atom is 0.255 e. The standard InChI is InChI=1S/C12H16Cl2N2OS/c1-8(4-5-18-3)16(2)12(17)9-6-11(14)15-7-10(9)13/h6-8H,4-5H2,1-3H3. The molecule has 1 aromatic rings. The van der Waals surface area contributed by atoms with Crippen molar-refractivity contribution >= 4 is 40.9 Å². The Kier molecular flexibility index (Phi) is 6.26. The van der Waals surface area contributed by atoms with Crippen LogP contribution in [0.1, 0.15) is 23.7 Å². The minimum absolute atomic E-state index is 0.127. The van der Waals surface area contributed by atoms with Crippen LogP contribution in [0.15, 0.2) is 12.3 Å². The lowest BCUT2D eigenvalue weighted by Crippen LogP contribution is -2.35. The van der Waals surface area contributed by atoms with E-state index in [0.717, 1.165) is 12.2 Å². The molecule has 1 atom stereocenters. The van der Waals surface area contributed by atoms with Crippen LogP contribution in [-0.4, -0.2) is 40.9 Å². The summed E-state index contributed by atoms with van der Waals surface area (Å²) >= 11 is 13.5. The first-order valence-electron chi connectivity index (χ1n) is 5.54. The number of halogens is 2. The quantitative estimate of drug-likeness (QED) is 0.779. The monoisotopic (exact) mass is 306 g/mol. The van der Waals surface area contributed by atoms with Crippen LogP contribution in [0.2, 0.25) is 10.2 Å². The van der Waals surface area contributed by atoms with E-state index in [9.17, 15) is 4.79 Å². The Morgan fingerprint density at radius 3 is 2.83 bits per heavy atom. The van der Waals surface area contributed by atoms with Gasteiger partial charge in [-0.25, -0.2) is 4.98 Å². The molecular weight excluding hydrogens is 291 g/mol. The first kappa shape index (κ1) is 15.6. The van der Waals surface area contributed by atoms with Crippen molar-refractivity contribution in [3.63, 3.8) is 0 Å². The summed E-state index contributed by atoms with van der Waals surface area (Å²) in [5.74, 6) is 0.891. The molecule has 1 rings (SSSR count). The summed E-state index contributed by atoms with van der Waals surface area (Å²) in [6.45, 7) is 2.02. The number of pyridine rings is 1. The fourth-order valence-corrected chi connectivity index (χ4v) is 2.37. The second kappa shape index (κ2) is 7.22. The molecule has 0 aliphatic heterocycles. The molecule has 1 amide bonds. The highest BCUT2D eigenvalue weighted by atomic mass is 35.5. The van der Waals surface area contributed by atoms with Crippen LogP contribution in [0.5, 0.6) is 0 Å². The lowest BCUT2D eigenvalue weighted by Gasteiger charge is -2.25. The fraction of sp³-hybridized carbons (Fsp3) is 0.500. The van der Waals surface area contributed by atoms with Gasteiger partial charge in [-0.15, -0.1) is 0 Å². The Hall–Kier alpha value is -0.450. The summed E-state index contributed by atoms with van der Waals surface area (Å²) in [6.07, 6.45) is 4.39. The third-order valence-corrected chi connectivity index (χ3v) is 3.93. The molecule has 3 nitrogen and oxygen atoms in total. The highest BCUT2D eigenvalue weighted by Gasteiger charge is 2.20. The van der Waals surface area contributed by atoms with Gasteiger partial charge in [-0.05, 0) is 31.4 Å². The van der Waals surface area contributed by atoms with Gasteiger partial charge in [-0.2, -0.15) is 11.8 Å². The molecule has 0 aliphatic carbocycles. The molecule has 1 unspecified atom stereocenters. The molecule has 0 aromatic carbocycles. The second-order valence-electron chi connectivity index (χ2n) is 4.03. The van der Waals surface area contributed by atoms with Crippen molar-refractivity contribution in [3.8, 4) is 0 Å². The highest BCUT2D eigenvalue weighted by Crippen LogP contribution is 2.20. The van der Waals surface area contributed by atoms with Crippen molar-refractivity contribution in [2.45, 2.75) is 19.4 Å². The smallest absolute Gasteiger partial charge is 0.255 e. The summed E-state index contributed by atoms with van der Waals surface area (Å²) in [6, 6.07) is 1.66. The van der Waals surface area contributed by atoms with Gasteiger partial charge in [0.25, 0.3) is 5.91 Å². The van der Waals surface area contributed by atoms with Gasteiger partial charge in [0.15, 0.2) is 0 Å². The van der Waals surface area contributed by atoms with Crippen molar-refractivity contribution in [2.24, 2.45) is 0 Å². The number of nitrogens with zero attached hydrogens (tertiary/aromatic N) is 2. The Labute approximate surface area is 122 Å². The number of amides is 1. The van der Waals surface area contributed by atoms with E-state index in [1.807, 2.05) is 13.2 Å². The predicted octanol–water partition coefficient (Wildman–Crippen LogP) is 3.60. The van der Waals surface area contributed by atoms with Gasteiger partial charge < -0.3 is 4.90 Å². The minimum Gasteiger partial charge on any atom is -0.339 e. The van der Waals surface area contributed by atoms with Crippen molar-refractivity contribution in [1.29, 1.82) is 0 Å². The number of thioether (sulfide) groups is 1. The number of carbonyl (C=O) groups excluding carboxylic acids is 1. The van der Waals surface area contributed by atoms with E-state index in [-0.39, 0.29) is 17.1 Å². The zero-order valence-corrected chi connectivity index (χ0v) is 12.9. The lowest BCUT2D eigenvalue weighted by molar-refractivity contribution is 0.0741. The van der Waals surface area contributed by atoms with Crippen LogP contribution in [-0.2, 0) is 0 Å². The molecule has 0 saturated heterocycles. The maximum atomic E-state index is 12.3. The molecule has 1 aromatic heterocycles. The second-order valence-corrected chi connectivity index (χ2v) is 5.81. The number of hydrogen-bond donors (Lipinski definition) is 0. The topological polar surface area (TPSA) is 33.2 Å². The van der Waals surface area contributed by atoms with Crippen LogP contribution in [0.25, 0.3) is 0 Å². The summed E-state index contributed by atoms with van der Waals surface area (Å²) < 4.78 is 0. The van der Waals surface area contributed by atoms with Crippen LogP contribution in [0.3, 0.4) is 0 Å². The normalized spacial score (nSPS) is 12.3. The van der Waals surface area contributed by atoms with E-state index in [2.05, 4.69) is 4.98 Å². The summed E-state index contributed by atoms with van der Waals surface area (Å²) in [5, 5.41) is 0.598. The first-order chi connectivity index (χ1) is 8.47. The molecule has 6 heteroatoms. The number of aromatic nitrogens is 1. The summed E-state index contributed by atoms with van der Waals surface area (Å²) in [5.41, 5.74) is 0.398. The molecule has 0 fully saturated rings. The van der Waals surface area contributed by atoms with Crippen LogP contribution >= 0.6 is 35.0 Å². The van der Waals surface area contributed by atoms with Crippen molar-refractivity contribution in [3.05, 3.63) is 28.0 Å². The summed E-state index contributed by atoms with van der Waals surface area (Å²) in [4.78, 5) is 17.8. The molecule has 0 bridgehead atoms.